The van der Waals surface area contributed by atoms with Crippen LogP contribution in [0.2, 0.25) is 0 Å². The lowest BCUT2D eigenvalue weighted by Gasteiger charge is -2.23. The zero-order chi connectivity index (χ0) is 23.8. The third-order valence-corrected chi connectivity index (χ3v) is 5.30. The van der Waals surface area contributed by atoms with Gasteiger partial charge in [-0.05, 0) is 61.1 Å². The van der Waals surface area contributed by atoms with Crippen molar-refractivity contribution in [1.29, 1.82) is 0 Å². The van der Waals surface area contributed by atoms with E-state index in [4.69, 9.17) is 14.6 Å². The van der Waals surface area contributed by atoms with Crippen LogP contribution < -0.4 is 9.47 Å². The van der Waals surface area contributed by atoms with Crippen LogP contribution in [-0.4, -0.2) is 43.2 Å². The van der Waals surface area contributed by atoms with Crippen LogP contribution in [0.1, 0.15) is 29.2 Å². The van der Waals surface area contributed by atoms with Gasteiger partial charge in [0.25, 0.3) is 5.92 Å². The fraction of sp³-hybridized carbons (Fsp3) is 0.269. The van der Waals surface area contributed by atoms with Crippen molar-refractivity contribution in [2.24, 2.45) is 0 Å². The molecule has 3 rings (SSSR count). The van der Waals surface area contributed by atoms with Gasteiger partial charge in [-0.15, -0.1) is 0 Å². The van der Waals surface area contributed by atoms with Crippen molar-refractivity contribution in [1.82, 2.24) is 4.90 Å². The van der Waals surface area contributed by atoms with E-state index < -0.39 is 11.9 Å². The van der Waals surface area contributed by atoms with E-state index in [-0.39, 0.29) is 23.8 Å². The van der Waals surface area contributed by atoms with Crippen LogP contribution >= 0.6 is 0 Å². The Balaban J connectivity index is 1.74. The SMILES string of the molecule is COc1ccc(C(F)(F)c2ccc(OC(CCN(C)CC(=O)O)c3ccccc3)cc2)cc1. The molecule has 0 aromatic heterocycles. The van der Waals surface area contributed by atoms with Crippen LogP contribution in [0.3, 0.4) is 0 Å². The number of aliphatic carboxylic acids is 1. The summed E-state index contributed by atoms with van der Waals surface area (Å²) in [5.74, 6) is -3.09. The molecule has 0 amide bonds. The molecular formula is C26H27F2NO4. The van der Waals surface area contributed by atoms with Crippen molar-refractivity contribution in [3.8, 4) is 11.5 Å². The third-order valence-electron chi connectivity index (χ3n) is 5.30. The van der Waals surface area contributed by atoms with Crippen molar-refractivity contribution < 1.29 is 28.2 Å². The zero-order valence-electron chi connectivity index (χ0n) is 18.6. The maximum absolute atomic E-state index is 15.0. The predicted octanol–water partition coefficient (Wildman–Crippen LogP) is 5.36. The van der Waals surface area contributed by atoms with E-state index in [0.29, 0.717) is 24.5 Å². The quantitative estimate of drug-likeness (QED) is 0.422. The van der Waals surface area contributed by atoms with Crippen LogP contribution in [0.5, 0.6) is 11.5 Å². The van der Waals surface area contributed by atoms with Gasteiger partial charge in [0.2, 0.25) is 0 Å². The summed E-state index contributed by atoms with van der Waals surface area (Å²) in [4.78, 5) is 12.6. The molecule has 0 heterocycles. The summed E-state index contributed by atoms with van der Waals surface area (Å²) in [5, 5.41) is 8.96. The van der Waals surface area contributed by atoms with Crippen molar-refractivity contribution in [2.45, 2.75) is 18.4 Å². The topological polar surface area (TPSA) is 59.0 Å². The largest absolute Gasteiger partial charge is 0.497 e. The van der Waals surface area contributed by atoms with E-state index in [0.717, 1.165) is 5.56 Å². The van der Waals surface area contributed by atoms with Crippen molar-refractivity contribution in [3.63, 3.8) is 0 Å². The van der Waals surface area contributed by atoms with Gasteiger partial charge in [0.05, 0.1) is 13.7 Å². The Labute approximate surface area is 192 Å². The Bertz CT molecular complexity index is 1020. The lowest BCUT2D eigenvalue weighted by atomic mass is 10.00. The molecule has 1 unspecified atom stereocenters. The molecule has 0 fully saturated rings. The summed E-state index contributed by atoms with van der Waals surface area (Å²) in [6, 6.07) is 21.0. The van der Waals surface area contributed by atoms with Crippen LogP contribution in [0, 0.1) is 0 Å². The molecular weight excluding hydrogens is 428 g/mol. The van der Waals surface area contributed by atoms with Gasteiger partial charge in [-0.25, -0.2) is 0 Å². The molecule has 0 radical (unpaired) electrons. The second-order valence-electron chi connectivity index (χ2n) is 7.76. The molecule has 3 aromatic carbocycles. The molecule has 0 aliphatic rings. The number of likely N-dealkylation sites (N-methyl/N-ethyl adjacent to an activating group) is 1. The Morgan fingerprint density at radius 2 is 1.48 bits per heavy atom. The second-order valence-corrected chi connectivity index (χ2v) is 7.76. The Morgan fingerprint density at radius 3 is 2.00 bits per heavy atom. The predicted molar refractivity (Wildman–Crippen MR) is 122 cm³/mol. The molecule has 0 aliphatic carbocycles. The number of hydrogen-bond acceptors (Lipinski definition) is 4. The fourth-order valence-corrected chi connectivity index (χ4v) is 3.48. The summed E-state index contributed by atoms with van der Waals surface area (Å²) >= 11 is 0. The van der Waals surface area contributed by atoms with Crippen LogP contribution in [-0.2, 0) is 10.7 Å². The number of hydrogen-bond donors (Lipinski definition) is 1. The van der Waals surface area contributed by atoms with Crippen LogP contribution in [0.15, 0.2) is 78.9 Å². The molecule has 3 aromatic rings. The summed E-state index contributed by atoms with van der Waals surface area (Å²) in [7, 11) is 3.21. The van der Waals surface area contributed by atoms with Crippen molar-refractivity contribution in [3.05, 3.63) is 95.6 Å². The minimum atomic E-state index is -3.16. The number of carbonyl (C=O) groups is 1. The lowest BCUT2D eigenvalue weighted by Crippen LogP contribution is -2.28. The van der Waals surface area contributed by atoms with Crippen LogP contribution in [0.4, 0.5) is 8.78 Å². The first kappa shape index (κ1) is 24.2. The fourth-order valence-electron chi connectivity index (χ4n) is 3.48. The highest BCUT2D eigenvalue weighted by molar-refractivity contribution is 5.69. The minimum absolute atomic E-state index is 0.0728. The van der Waals surface area contributed by atoms with Crippen LogP contribution in [0.25, 0.3) is 0 Å². The van der Waals surface area contributed by atoms with E-state index in [2.05, 4.69) is 0 Å². The molecule has 5 nitrogen and oxygen atoms in total. The first-order valence-electron chi connectivity index (χ1n) is 10.5. The van der Waals surface area contributed by atoms with E-state index in [1.54, 1.807) is 11.9 Å². The van der Waals surface area contributed by atoms with E-state index in [1.165, 1.54) is 55.6 Å². The average Bonchev–Trinajstić information content (AvgIpc) is 2.82. The number of benzene rings is 3. The zero-order valence-corrected chi connectivity index (χ0v) is 18.6. The molecule has 33 heavy (non-hydrogen) atoms. The van der Waals surface area contributed by atoms with Gasteiger partial charge in [-0.3, -0.25) is 9.69 Å². The Morgan fingerprint density at radius 1 is 0.939 bits per heavy atom. The molecule has 1 N–H and O–H groups in total. The molecule has 7 heteroatoms. The van der Waals surface area contributed by atoms with E-state index in [9.17, 15) is 13.6 Å². The van der Waals surface area contributed by atoms with Gasteiger partial charge in [0, 0.05) is 24.1 Å². The Kier molecular flexibility index (Phi) is 8.01. The number of alkyl halides is 2. The lowest BCUT2D eigenvalue weighted by molar-refractivity contribution is -0.138. The van der Waals surface area contributed by atoms with Gasteiger partial charge in [-0.2, -0.15) is 8.78 Å². The number of nitrogens with zero attached hydrogens (tertiary/aromatic N) is 1. The monoisotopic (exact) mass is 455 g/mol. The van der Waals surface area contributed by atoms with E-state index >= 15 is 0 Å². The van der Waals surface area contributed by atoms with Gasteiger partial charge in [-0.1, -0.05) is 30.3 Å². The molecule has 174 valence electrons. The second kappa shape index (κ2) is 10.9. The summed E-state index contributed by atoms with van der Waals surface area (Å²) in [5.41, 5.74) is 0.659. The first-order valence-corrected chi connectivity index (χ1v) is 10.5. The molecule has 0 spiro atoms. The average molecular weight is 456 g/mol. The number of methoxy groups -OCH3 is 1. The number of carboxylic acids is 1. The summed E-state index contributed by atoms with van der Waals surface area (Å²) in [6.45, 7) is 0.427. The number of carboxylic acid groups (broad SMARTS) is 1. The van der Waals surface area contributed by atoms with Gasteiger partial charge < -0.3 is 14.6 Å². The molecule has 0 saturated carbocycles. The van der Waals surface area contributed by atoms with Crippen molar-refractivity contribution >= 4 is 5.97 Å². The highest BCUT2D eigenvalue weighted by Crippen LogP contribution is 2.37. The maximum Gasteiger partial charge on any atom is 0.317 e. The highest BCUT2D eigenvalue weighted by atomic mass is 19.3. The molecule has 0 saturated heterocycles. The molecule has 0 aliphatic heterocycles. The van der Waals surface area contributed by atoms with Gasteiger partial charge in [0.15, 0.2) is 0 Å². The normalized spacial score (nSPS) is 12.4. The summed E-state index contributed by atoms with van der Waals surface area (Å²) < 4.78 is 41.1. The first-order chi connectivity index (χ1) is 15.8. The number of halogens is 2. The number of ether oxygens (including phenoxy) is 2. The number of rotatable bonds is 11. The standard InChI is InChI=1S/C26H27F2NO4/c1-29(18-25(30)31)17-16-24(19-6-4-3-5-7-19)33-23-14-10-21(11-15-23)26(27,28)20-8-12-22(32-2)13-9-20/h3-15,24H,16-18H2,1-2H3,(H,30,31). The third kappa shape index (κ3) is 6.52. The highest BCUT2D eigenvalue weighted by Gasteiger charge is 2.34. The minimum Gasteiger partial charge on any atom is -0.497 e. The summed E-state index contributed by atoms with van der Waals surface area (Å²) in [6.07, 6.45) is 0.188. The van der Waals surface area contributed by atoms with Crippen molar-refractivity contribution in [2.75, 3.05) is 27.2 Å². The van der Waals surface area contributed by atoms with E-state index in [1.807, 2.05) is 30.3 Å². The molecule has 0 bridgehead atoms. The van der Waals surface area contributed by atoms with Gasteiger partial charge in [0.1, 0.15) is 17.6 Å². The van der Waals surface area contributed by atoms with Gasteiger partial charge >= 0.3 is 5.97 Å². The molecule has 1 atom stereocenters. The Hall–Kier alpha value is -3.45. The smallest absolute Gasteiger partial charge is 0.317 e. The maximum atomic E-state index is 15.0.